The lowest BCUT2D eigenvalue weighted by atomic mass is 10.1. The van der Waals surface area contributed by atoms with Crippen molar-refractivity contribution in [3.8, 4) is 0 Å². The van der Waals surface area contributed by atoms with Gasteiger partial charge in [0.25, 0.3) is 0 Å². The lowest BCUT2D eigenvalue weighted by Crippen LogP contribution is -2.44. The van der Waals surface area contributed by atoms with Crippen LogP contribution in [0.5, 0.6) is 0 Å². The summed E-state index contributed by atoms with van der Waals surface area (Å²) in [7, 11) is 0. The molecule has 0 spiro atoms. The summed E-state index contributed by atoms with van der Waals surface area (Å²) in [5.41, 5.74) is 2.56. The fraction of sp³-hybridized carbons (Fsp3) is 0.417. The minimum atomic E-state index is -0.540. The second-order valence-electron chi connectivity index (χ2n) is 9.11. The molecule has 1 amide bonds. The maximum absolute atomic E-state index is 13.4. The van der Waals surface area contributed by atoms with Crippen LogP contribution in [0.4, 0.5) is 0 Å². The number of hydrogen-bond acceptors (Lipinski definition) is 5. The summed E-state index contributed by atoms with van der Waals surface area (Å²) in [6.45, 7) is 1.66. The Hall–Kier alpha value is -3.62. The molecule has 2 fully saturated rings. The van der Waals surface area contributed by atoms with Gasteiger partial charge in [0.1, 0.15) is 6.54 Å². The number of carbonyl (C=O) groups is 1. The zero-order valence-electron chi connectivity index (χ0n) is 18.2. The highest BCUT2D eigenvalue weighted by atomic mass is 16.4. The molecule has 3 aromatic heterocycles. The van der Waals surface area contributed by atoms with Gasteiger partial charge in [-0.25, -0.2) is 14.6 Å². The molecule has 9 nitrogen and oxygen atoms in total. The van der Waals surface area contributed by atoms with Gasteiger partial charge in [-0.2, -0.15) is 0 Å². The number of benzene rings is 1. The van der Waals surface area contributed by atoms with E-state index in [2.05, 4.69) is 4.98 Å². The van der Waals surface area contributed by atoms with Gasteiger partial charge in [-0.3, -0.25) is 18.5 Å². The normalized spacial score (nSPS) is 18.9. The zero-order valence-corrected chi connectivity index (χ0v) is 18.2. The number of likely N-dealkylation sites (tertiary alicyclic amines) is 1. The predicted molar refractivity (Wildman–Crippen MR) is 122 cm³/mol. The molecule has 0 N–H and O–H groups in total. The summed E-state index contributed by atoms with van der Waals surface area (Å²) in [5, 5.41) is 0. The first-order chi connectivity index (χ1) is 16.1. The highest BCUT2D eigenvalue weighted by molar-refractivity contribution is 5.80. The van der Waals surface area contributed by atoms with E-state index in [4.69, 9.17) is 4.42 Å². The molecule has 33 heavy (non-hydrogen) atoms. The van der Waals surface area contributed by atoms with Gasteiger partial charge in [0.15, 0.2) is 11.2 Å². The first kappa shape index (κ1) is 20.0. The van der Waals surface area contributed by atoms with Crippen molar-refractivity contribution < 1.29 is 9.21 Å². The van der Waals surface area contributed by atoms with Crippen LogP contribution in [-0.2, 0) is 17.9 Å². The van der Waals surface area contributed by atoms with Gasteiger partial charge in [0.05, 0.1) is 17.1 Å². The van der Waals surface area contributed by atoms with Gasteiger partial charge in [0, 0.05) is 25.8 Å². The molecule has 1 aliphatic heterocycles. The Kier molecular flexibility index (Phi) is 4.70. The van der Waals surface area contributed by atoms with Gasteiger partial charge in [0.2, 0.25) is 5.91 Å². The fourth-order valence-electron chi connectivity index (χ4n) is 4.96. The number of para-hydroxylation sites is 2. The van der Waals surface area contributed by atoms with Crippen LogP contribution < -0.4 is 11.4 Å². The molecule has 4 aromatic rings. The van der Waals surface area contributed by atoms with E-state index in [1.165, 1.54) is 4.57 Å². The van der Waals surface area contributed by atoms with Crippen LogP contribution >= 0.6 is 0 Å². The Morgan fingerprint density at radius 1 is 1.03 bits per heavy atom. The van der Waals surface area contributed by atoms with Crippen molar-refractivity contribution in [2.75, 3.05) is 13.1 Å². The molecule has 0 unspecified atom stereocenters. The van der Waals surface area contributed by atoms with E-state index in [-0.39, 0.29) is 24.2 Å². The summed E-state index contributed by atoms with van der Waals surface area (Å²) in [4.78, 5) is 45.1. The number of amides is 1. The van der Waals surface area contributed by atoms with E-state index >= 15 is 0 Å². The minimum absolute atomic E-state index is 0.0491. The molecule has 1 aliphatic carbocycles. The van der Waals surface area contributed by atoms with Crippen LogP contribution in [0.25, 0.3) is 22.3 Å². The number of fused-ring (bicyclic) bond motifs is 2. The Balaban J connectivity index is 1.29. The van der Waals surface area contributed by atoms with Crippen molar-refractivity contribution in [2.45, 2.75) is 44.8 Å². The minimum Gasteiger partial charge on any atom is -0.408 e. The summed E-state index contributed by atoms with van der Waals surface area (Å²) in [6, 6.07) is 10.7. The molecule has 4 heterocycles. The van der Waals surface area contributed by atoms with Gasteiger partial charge in [-0.15, -0.1) is 0 Å². The quantitative estimate of drug-likeness (QED) is 0.468. The molecular formula is C24H25N5O4. The number of pyridine rings is 1. The van der Waals surface area contributed by atoms with E-state index in [9.17, 15) is 14.4 Å². The average Bonchev–Trinajstić information content (AvgIpc) is 3.54. The number of oxazole rings is 1. The van der Waals surface area contributed by atoms with E-state index in [0.717, 1.165) is 37.7 Å². The molecule has 170 valence electrons. The molecule has 2 aliphatic rings. The number of aromatic nitrogens is 4. The molecule has 9 heteroatoms. The van der Waals surface area contributed by atoms with Crippen LogP contribution in [-0.4, -0.2) is 42.6 Å². The van der Waals surface area contributed by atoms with Crippen molar-refractivity contribution in [1.82, 2.24) is 23.6 Å². The average molecular weight is 447 g/mol. The van der Waals surface area contributed by atoms with Crippen LogP contribution in [0.2, 0.25) is 0 Å². The number of carbonyl (C=O) groups excluding carboxylic acids is 1. The predicted octanol–water partition coefficient (Wildman–Crippen LogP) is 2.38. The topological polar surface area (TPSA) is 95.3 Å². The molecule has 6 rings (SSSR count). The highest BCUT2D eigenvalue weighted by Gasteiger charge is 2.31. The first-order valence-electron chi connectivity index (χ1n) is 11.5. The maximum Gasteiger partial charge on any atom is 0.420 e. The van der Waals surface area contributed by atoms with Crippen LogP contribution in [0.3, 0.4) is 0 Å². The second-order valence-corrected chi connectivity index (χ2v) is 9.11. The zero-order chi connectivity index (χ0) is 22.5. The number of imidazole rings is 1. The van der Waals surface area contributed by atoms with Gasteiger partial charge >= 0.3 is 11.4 Å². The molecule has 0 radical (unpaired) electrons. The summed E-state index contributed by atoms with van der Waals surface area (Å²) in [6.07, 6.45) is 5.62. The Bertz CT molecular complexity index is 1470. The lowest BCUT2D eigenvalue weighted by Gasteiger charge is -2.33. The third-order valence-corrected chi connectivity index (χ3v) is 6.84. The molecule has 1 atom stereocenters. The Morgan fingerprint density at radius 2 is 1.85 bits per heavy atom. The molecule has 1 saturated carbocycles. The summed E-state index contributed by atoms with van der Waals surface area (Å²) >= 11 is 0. The molecular weight excluding hydrogens is 422 g/mol. The van der Waals surface area contributed by atoms with Crippen molar-refractivity contribution in [3.05, 3.63) is 63.6 Å². The maximum atomic E-state index is 13.4. The molecule has 1 saturated heterocycles. The van der Waals surface area contributed by atoms with Crippen LogP contribution in [0, 0.1) is 5.92 Å². The first-order valence-corrected chi connectivity index (χ1v) is 11.5. The van der Waals surface area contributed by atoms with Crippen LogP contribution in [0.15, 0.2) is 56.6 Å². The van der Waals surface area contributed by atoms with Gasteiger partial charge in [-0.1, -0.05) is 12.1 Å². The smallest absolute Gasteiger partial charge is 0.408 e. The monoisotopic (exact) mass is 447 g/mol. The number of nitrogens with zero attached hydrogens (tertiary/aromatic N) is 5. The summed E-state index contributed by atoms with van der Waals surface area (Å²) < 4.78 is 10.3. The standard InChI is InChI=1S/C24H25N5O4/c30-21(15-28-18-6-1-2-8-20(18)33-24(28)32)26-12-4-5-17(14-26)29-22-19(7-3-11-25-22)27(23(29)31)13-16-9-10-16/h1-3,6-8,11,16-17H,4-5,9-10,12-15H2/t17-/m0/s1. The van der Waals surface area contributed by atoms with Crippen molar-refractivity contribution in [1.29, 1.82) is 0 Å². The van der Waals surface area contributed by atoms with Crippen molar-refractivity contribution in [2.24, 2.45) is 5.92 Å². The van der Waals surface area contributed by atoms with E-state index in [0.29, 0.717) is 35.8 Å². The fourth-order valence-corrected chi connectivity index (χ4v) is 4.96. The number of rotatable bonds is 5. The number of hydrogen-bond donors (Lipinski definition) is 0. The Morgan fingerprint density at radius 3 is 2.70 bits per heavy atom. The molecule has 1 aromatic carbocycles. The van der Waals surface area contributed by atoms with E-state index < -0.39 is 5.76 Å². The number of piperidine rings is 1. The van der Waals surface area contributed by atoms with E-state index in [1.54, 1.807) is 33.9 Å². The third-order valence-electron chi connectivity index (χ3n) is 6.84. The van der Waals surface area contributed by atoms with Crippen molar-refractivity contribution >= 4 is 28.2 Å². The van der Waals surface area contributed by atoms with Crippen molar-refractivity contribution in [3.63, 3.8) is 0 Å². The largest absolute Gasteiger partial charge is 0.420 e. The Labute approximate surface area is 188 Å². The molecule has 0 bridgehead atoms. The van der Waals surface area contributed by atoms with Gasteiger partial charge < -0.3 is 9.32 Å². The van der Waals surface area contributed by atoms with Gasteiger partial charge in [-0.05, 0) is 55.9 Å². The second kappa shape index (κ2) is 7.75. The van der Waals surface area contributed by atoms with Crippen LogP contribution in [0.1, 0.15) is 31.7 Å². The lowest BCUT2D eigenvalue weighted by molar-refractivity contribution is -0.133. The van der Waals surface area contributed by atoms with E-state index in [1.807, 2.05) is 22.8 Å². The SMILES string of the molecule is O=C(Cn1c(=O)oc2ccccc21)N1CCC[C@H](n2c(=O)n(CC3CC3)c3cccnc32)C1. The third kappa shape index (κ3) is 3.48. The summed E-state index contributed by atoms with van der Waals surface area (Å²) in [5.74, 6) is -0.132. The highest BCUT2D eigenvalue weighted by Crippen LogP contribution is 2.32.